The van der Waals surface area contributed by atoms with Crippen molar-refractivity contribution in [3.63, 3.8) is 0 Å². The molecule has 0 N–H and O–H groups in total. The van der Waals surface area contributed by atoms with E-state index in [4.69, 9.17) is 9.97 Å². The van der Waals surface area contributed by atoms with Crippen molar-refractivity contribution >= 4 is 77.7 Å². The maximum absolute atomic E-state index is 5.37. The van der Waals surface area contributed by atoms with E-state index in [0.717, 1.165) is 44.9 Å². The molecule has 0 amide bonds. The maximum Gasteiger partial charge on any atom is -0.0544 e. The summed E-state index contributed by atoms with van der Waals surface area (Å²) >= 11 is 0.150. The number of aromatic nitrogens is 4. The van der Waals surface area contributed by atoms with Gasteiger partial charge in [-0.2, -0.15) is 0 Å². The SMILES string of the molecule is c1ccc(-c2cccc(-n3c4ccccc4c4cc(-c5ccc6[se]c7ccc(-c8ccc9c%10ccccc%10n(-c%10ccccc%10)c9c8)nc7c6n5)ccc43)c2)cc1. The summed E-state index contributed by atoms with van der Waals surface area (Å²) in [5, 5.41) is 4.92. The minimum atomic E-state index is 0.150. The summed E-state index contributed by atoms with van der Waals surface area (Å²) in [4.78, 5) is 10.7. The Hall–Kier alpha value is -7.04. The van der Waals surface area contributed by atoms with E-state index in [1.165, 1.54) is 63.3 Å². The molecule has 4 nitrogen and oxygen atoms in total. The molecule has 0 aliphatic carbocycles. The van der Waals surface area contributed by atoms with Crippen LogP contribution in [-0.4, -0.2) is 33.6 Å². The molecule has 12 aromatic rings. The summed E-state index contributed by atoms with van der Waals surface area (Å²) in [7, 11) is 0. The molecule has 0 saturated carbocycles. The van der Waals surface area contributed by atoms with Crippen molar-refractivity contribution in [1.82, 2.24) is 19.1 Å². The van der Waals surface area contributed by atoms with Crippen LogP contribution in [0.2, 0.25) is 0 Å². The van der Waals surface area contributed by atoms with Gasteiger partial charge in [-0.15, -0.1) is 0 Å². The second-order valence-corrected chi connectivity index (χ2v) is 16.9. The number of benzene rings is 7. The van der Waals surface area contributed by atoms with Gasteiger partial charge < -0.3 is 0 Å². The van der Waals surface area contributed by atoms with Crippen LogP contribution in [0.3, 0.4) is 0 Å². The summed E-state index contributed by atoms with van der Waals surface area (Å²) < 4.78 is 7.31. The minimum absolute atomic E-state index is 0.150. The second-order valence-electron chi connectivity index (χ2n) is 14.6. The van der Waals surface area contributed by atoms with Crippen LogP contribution >= 0.6 is 0 Å². The molecular weight excluding hydrogens is 760 g/mol. The van der Waals surface area contributed by atoms with Crippen LogP contribution in [0.25, 0.3) is 108 Å². The van der Waals surface area contributed by atoms with Crippen molar-refractivity contribution in [2.75, 3.05) is 0 Å². The predicted molar refractivity (Wildman–Crippen MR) is 239 cm³/mol. The van der Waals surface area contributed by atoms with Gasteiger partial charge in [0.1, 0.15) is 0 Å². The average molecular weight is 792 g/mol. The van der Waals surface area contributed by atoms with E-state index in [-0.39, 0.29) is 14.5 Å². The molecule has 0 saturated heterocycles. The number of rotatable bonds is 5. The molecule has 12 rings (SSSR count). The van der Waals surface area contributed by atoms with Gasteiger partial charge in [0.2, 0.25) is 0 Å². The number of hydrogen-bond donors (Lipinski definition) is 0. The van der Waals surface area contributed by atoms with Gasteiger partial charge in [0.05, 0.1) is 0 Å². The van der Waals surface area contributed by atoms with E-state index in [1.54, 1.807) is 0 Å². The minimum Gasteiger partial charge on any atom is -0.0617 e. The van der Waals surface area contributed by atoms with Crippen molar-refractivity contribution in [2.24, 2.45) is 0 Å². The van der Waals surface area contributed by atoms with Crippen LogP contribution in [-0.2, 0) is 0 Å². The smallest absolute Gasteiger partial charge is 0.0544 e. The fourth-order valence-electron chi connectivity index (χ4n) is 8.69. The van der Waals surface area contributed by atoms with E-state index >= 15 is 0 Å². The van der Waals surface area contributed by atoms with Crippen LogP contribution in [0.1, 0.15) is 0 Å². The zero-order chi connectivity index (χ0) is 37.5. The third kappa shape index (κ3) is 5.14. The summed E-state index contributed by atoms with van der Waals surface area (Å²) in [6.07, 6.45) is 0. The molecule has 57 heavy (non-hydrogen) atoms. The molecule has 5 heterocycles. The zero-order valence-corrected chi connectivity index (χ0v) is 32.4. The van der Waals surface area contributed by atoms with Gasteiger partial charge in [-0.1, -0.05) is 36.4 Å². The Bertz CT molecular complexity index is 3520. The molecule has 0 aliphatic rings. The van der Waals surface area contributed by atoms with Crippen molar-refractivity contribution in [3.05, 3.63) is 194 Å². The molecule has 266 valence electrons. The Morgan fingerprint density at radius 3 is 1.56 bits per heavy atom. The number of hydrogen-bond acceptors (Lipinski definition) is 2. The number of para-hydroxylation sites is 3. The monoisotopic (exact) mass is 792 g/mol. The zero-order valence-electron chi connectivity index (χ0n) is 30.7. The van der Waals surface area contributed by atoms with Gasteiger partial charge in [0.15, 0.2) is 0 Å². The molecule has 0 bridgehead atoms. The van der Waals surface area contributed by atoms with Gasteiger partial charge >= 0.3 is 294 Å². The first kappa shape index (κ1) is 32.2. The number of fused-ring (bicyclic) bond motifs is 9. The standard InChI is InChI=1S/C52H32N4Se/c1-3-12-33(13-4-1)34-14-11-17-38(30-34)56-46-21-10-8-19-40(46)42-31-35(23-27-47(42)56)43-25-28-49-51(53-43)52-50(57-49)29-26-44(54-52)36-22-24-41-39-18-7-9-20-45(39)55(48(41)32-36)37-15-5-2-6-16-37/h1-32H. The Kier molecular flexibility index (Phi) is 7.21. The van der Waals surface area contributed by atoms with Gasteiger partial charge in [-0.25, -0.2) is 0 Å². The van der Waals surface area contributed by atoms with Crippen LogP contribution < -0.4 is 0 Å². The van der Waals surface area contributed by atoms with E-state index in [0.29, 0.717) is 0 Å². The van der Waals surface area contributed by atoms with Crippen LogP contribution in [0.15, 0.2) is 194 Å². The Labute approximate surface area is 334 Å². The van der Waals surface area contributed by atoms with E-state index in [9.17, 15) is 0 Å². The van der Waals surface area contributed by atoms with Crippen molar-refractivity contribution < 1.29 is 0 Å². The quantitative estimate of drug-likeness (QED) is 0.163. The predicted octanol–water partition coefficient (Wildman–Crippen LogP) is 13.0. The molecule has 0 radical (unpaired) electrons. The van der Waals surface area contributed by atoms with Crippen molar-refractivity contribution in [3.8, 4) is 45.0 Å². The summed E-state index contributed by atoms with van der Waals surface area (Å²) in [5.41, 5.74) is 15.6. The fraction of sp³-hybridized carbons (Fsp3) is 0. The fourth-order valence-corrected chi connectivity index (χ4v) is 10.8. The molecule has 0 fully saturated rings. The van der Waals surface area contributed by atoms with Gasteiger partial charge in [0, 0.05) is 0 Å². The van der Waals surface area contributed by atoms with E-state index in [1.807, 2.05) is 0 Å². The van der Waals surface area contributed by atoms with E-state index < -0.39 is 0 Å². The second kappa shape index (κ2) is 12.8. The average Bonchev–Trinajstić information content (AvgIpc) is 3.93. The normalized spacial score (nSPS) is 11.9. The van der Waals surface area contributed by atoms with Crippen molar-refractivity contribution in [1.29, 1.82) is 0 Å². The largest absolute Gasteiger partial charge is 0.0617 e. The molecule has 5 aromatic heterocycles. The van der Waals surface area contributed by atoms with E-state index in [2.05, 4.69) is 203 Å². The Morgan fingerprint density at radius 2 is 0.842 bits per heavy atom. The summed E-state index contributed by atoms with van der Waals surface area (Å²) in [6, 6.07) is 69.9. The van der Waals surface area contributed by atoms with Crippen LogP contribution in [0, 0.1) is 0 Å². The Morgan fingerprint density at radius 1 is 0.316 bits per heavy atom. The van der Waals surface area contributed by atoms with Crippen LogP contribution in [0.4, 0.5) is 0 Å². The molecule has 7 aromatic carbocycles. The third-order valence-corrected chi connectivity index (χ3v) is 13.6. The van der Waals surface area contributed by atoms with Gasteiger partial charge in [-0.3, -0.25) is 0 Å². The first-order valence-corrected chi connectivity index (χ1v) is 21.0. The number of nitrogens with zero attached hydrogens (tertiary/aromatic N) is 4. The molecule has 0 spiro atoms. The van der Waals surface area contributed by atoms with Crippen molar-refractivity contribution in [2.45, 2.75) is 0 Å². The van der Waals surface area contributed by atoms with Gasteiger partial charge in [-0.05, 0) is 5.56 Å². The summed E-state index contributed by atoms with van der Waals surface area (Å²) in [6.45, 7) is 0. The first-order chi connectivity index (χ1) is 28.2. The van der Waals surface area contributed by atoms with Gasteiger partial charge in [0.25, 0.3) is 0 Å². The molecular formula is C52H32N4Se. The molecule has 0 atom stereocenters. The molecule has 5 heteroatoms. The van der Waals surface area contributed by atoms with Crippen LogP contribution in [0.5, 0.6) is 0 Å². The molecule has 0 aliphatic heterocycles. The molecule has 0 unspecified atom stereocenters. The topological polar surface area (TPSA) is 35.6 Å². The third-order valence-electron chi connectivity index (χ3n) is 11.3. The number of pyridine rings is 2. The Balaban J connectivity index is 0.975. The first-order valence-electron chi connectivity index (χ1n) is 19.2. The summed E-state index contributed by atoms with van der Waals surface area (Å²) in [5.74, 6) is 0. The maximum atomic E-state index is 5.37.